The molecule has 0 saturated carbocycles. The molecular formula is C11H11IN2. The third-order valence-corrected chi connectivity index (χ3v) is 3.60. The molecule has 0 aliphatic carbocycles. The standard InChI is InChI=1S/C11H11IN2/c1-8-10(12)11(13-14(8)2)9-6-4-3-5-7-9/h3-7H,1-2H3. The molecular weight excluding hydrogens is 287 g/mol. The van der Waals surface area contributed by atoms with Gasteiger partial charge in [-0.2, -0.15) is 5.10 Å². The number of halogens is 1. The fourth-order valence-corrected chi connectivity index (χ4v) is 2.13. The summed E-state index contributed by atoms with van der Waals surface area (Å²) in [6.07, 6.45) is 0. The van der Waals surface area contributed by atoms with Crippen molar-refractivity contribution in [1.82, 2.24) is 9.78 Å². The van der Waals surface area contributed by atoms with E-state index in [1.807, 2.05) is 29.9 Å². The fourth-order valence-electron chi connectivity index (χ4n) is 1.36. The van der Waals surface area contributed by atoms with E-state index in [4.69, 9.17) is 0 Å². The minimum Gasteiger partial charge on any atom is -0.271 e. The molecule has 1 heterocycles. The van der Waals surface area contributed by atoms with E-state index in [-0.39, 0.29) is 0 Å². The van der Waals surface area contributed by atoms with E-state index in [9.17, 15) is 0 Å². The van der Waals surface area contributed by atoms with Crippen LogP contribution in [0.5, 0.6) is 0 Å². The Kier molecular flexibility index (Phi) is 2.58. The summed E-state index contributed by atoms with van der Waals surface area (Å²) in [6, 6.07) is 10.3. The van der Waals surface area contributed by atoms with E-state index in [1.165, 1.54) is 14.8 Å². The highest BCUT2D eigenvalue weighted by molar-refractivity contribution is 14.1. The Morgan fingerprint density at radius 1 is 1.21 bits per heavy atom. The van der Waals surface area contributed by atoms with E-state index >= 15 is 0 Å². The maximum atomic E-state index is 4.49. The van der Waals surface area contributed by atoms with Gasteiger partial charge < -0.3 is 0 Å². The zero-order valence-corrected chi connectivity index (χ0v) is 10.3. The summed E-state index contributed by atoms with van der Waals surface area (Å²) < 4.78 is 3.15. The normalized spacial score (nSPS) is 10.5. The zero-order valence-electron chi connectivity index (χ0n) is 8.16. The monoisotopic (exact) mass is 298 g/mol. The molecule has 2 nitrogen and oxygen atoms in total. The lowest BCUT2D eigenvalue weighted by molar-refractivity contribution is 0.742. The Morgan fingerprint density at radius 2 is 1.86 bits per heavy atom. The lowest BCUT2D eigenvalue weighted by Crippen LogP contribution is -1.92. The van der Waals surface area contributed by atoms with Gasteiger partial charge in [-0.1, -0.05) is 30.3 Å². The maximum Gasteiger partial charge on any atom is 0.106 e. The lowest BCUT2D eigenvalue weighted by atomic mass is 10.1. The highest BCUT2D eigenvalue weighted by Crippen LogP contribution is 2.25. The van der Waals surface area contributed by atoms with Crippen molar-refractivity contribution in [3.63, 3.8) is 0 Å². The molecule has 0 radical (unpaired) electrons. The Bertz CT molecular complexity index is 446. The summed E-state index contributed by atoms with van der Waals surface area (Å²) >= 11 is 2.35. The van der Waals surface area contributed by atoms with Crippen LogP contribution in [0.25, 0.3) is 11.3 Å². The molecule has 3 heteroatoms. The summed E-state index contributed by atoms with van der Waals surface area (Å²) in [6.45, 7) is 2.08. The first-order valence-electron chi connectivity index (χ1n) is 4.44. The van der Waals surface area contributed by atoms with Gasteiger partial charge >= 0.3 is 0 Å². The van der Waals surface area contributed by atoms with Crippen molar-refractivity contribution in [3.8, 4) is 11.3 Å². The smallest absolute Gasteiger partial charge is 0.106 e. The van der Waals surface area contributed by atoms with Gasteiger partial charge in [0.15, 0.2) is 0 Å². The molecule has 14 heavy (non-hydrogen) atoms. The van der Waals surface area contributed by atoms with E-state index in [0.29, 0.717) is 0 Å². The molecule has 2 aromatic rings. The van der Waals surface area contributed by atoms with Crippen molar-refractivity contribution in [2.75, 3.05) is 0 Å². The number of hydrogen-bond acceptors (Lipinski definition) is 1. The van der Waals surface area contributed by atoms with Crippen molar-refractivity contribution in [1.29, 1.82) is 0 Å². The number of aryl methyl sites for hydroxylation is 1. The molecule has 0 atom stereocenters. The maximum absolute atomic E-state index is 4.49. The van der Waals surface area contributed by atoms with Crippen LogP contribution in [0.2, 0.25) is 0 Å². The quantitative estimate of drug-likeness (QED) is 0.740. The highest BCUT2D eigenvalue weighted by Gasteiger charge is 2.10. The summed E-state index contributed by atoms with van der Waals surface area (Å²) in [5.41, 5.74) is 3.47. The van der Waals surface area contributed by atoms with Crippen LogP contribution in [0.15, 0.2) is 30.3 Å². The SMILES string of the molecule is Cc1c(I)c(-c2ccccc2)nn1C. The van der Waals surface area contributed by atoms with E-state index in [2.05, 4.69) is 46.7 Å². The molecule has 0 amide bonds. The van der Waals surface area contributed by atoms with Crippen LogP contribution in [0.1, 0.15) is 5.69 Å². The molecule has 0 aliphatic rings. The number of rotatable bonds is 1. The molecule has 0 N–H and O–H groups in total. The molecule has 1 aromatic carbocycles. The van der Waals surface area contributed by atoms with Crippen LogP contribution >= 0.6 is 22.6 Å². The number of nitrogens with zero attached hydrogens (tertiary/aromatic N) is 2. The first-order chi connectivity index (χ1) is 6.70. The average Bonchev–Trinajstić information content (AvgIpc) is 2.47. The van der Waals surface area contributed by atoms with Gasteiger partial charge in [0.2, 0.25) is 0 Å². The molecule has 1 aromatic heterocycles. The Balaban J connectivity index is 2.58. The summed E-state index contributed by atoms with van der Waals surface area (Å²) in [5.74, 6) is 0. The van der Waals surface area contributed by atoms with Crippen molar-refractivity contribution >= 4 is 22.6 Å². The van der Waals surface area contributed by atoms with Crippen molar-refractivity contribution in [2.24, 2.45) is 7.05 Å². The average molecular weight is 298 g/mol. The molecule has 0 fully saturated rings. The van der Waals surface area contributed by atoms with Gasteiger partial charge in [0.1, 0.15) is 5.69 Å². The molecule has 0 unspecified atom stereocenters. The fraction of sp³-hybridized carbons (Fsp3) is 0.182. The molecule has 72 valence electrons. The van der Waals surface area contributed by atoms with Gasteiger partial charge in [-0.3, -0.25) is 4.68 Å². The van der Waals surface area contributed by atoms with Crippen molar-refractivity contribution in [3.05, 3.63) is 39.6 Å². The number of hydrogen-bond donors (Lipinski definition) is 0. The molecule has 0 saturated heterocycles. The van der Waals surface area contributed by atoms with E-state index < -0.39 is 0 Å². The van der Waals surface area contributed by atoms with Crippen molar-refractivity contribution in [2.45, 2.75) is 6.92 Å². The van der Waals surface area contributed by atoms with Crippen LogP contribution < -0.4 is 0 Å². The van der Waals surface area contributed by atoms with Gasteiger partial charge in [-0.25, -0.2) is 0 Å². The second-order valence-electron chi connectivity index (χ2n) is 3.24. The molecule has 0 aliphatic heterocycles. The Labute approximate surface area is 97.1 Å². The first kappa shape index (κ1) is 9.71. The zero-order chi connectivity index (χ0) is 10.1. The predicted molar refractivity (Wildman–Crippen MR) is 66.1 cm³/mol. The lowest BCUT2D eigenvalue weighted by Gasteiger charge is -1.95. The van der Waals surface area contributed by atoms with Crippen LogP contribution in [0.4, 0.5) is 0 Å². The minimum atomic E-state index is 1.08. The van der Waals surface area contributed by atoms with Gasteiger partial charge in [-0.05, 0) is 29.5 Å². The van der Waals surface area contributed by atoms with Crippen LogP contribution in [0.3, 0.4) is 0 Å². The Hall–Kier alpha value is -0.840. The topological polar surface area (TPSA) is 17.8 Å². The number of benzene rings is 1. The highest BCUT2D eigenvalue weighted by atomic mass is 127. The summed E-state index contributed by atoms with van der Waals surface area (Å²) in [5, 5.41) is 4.49. The van der Waals surface area contributed by atoms with Crippen LogP contribution in [-0.2, 0) is 7.05 Å². The van der Waals surface area contributed by atoms with Crippen LogP contribution in [0, 0.1) is 10.5 Å². The summed E-state index contributed by atoms with van der Waals surface area (Å²) in [4.78, 5) is 0. The van der Waals surface area contributed by atoms with Gasteiger partial charge in [0.05, 0.1) is 3.57 Å². The molecule has 2 rings (SSSR count). The van der Waals surface area contributed by atoms with E-state index in [1.54, 1.807) is 0 Å². The largest absolute Gasteiger partial charge is 0.271 e. The predicted octanol–water partition coefficient (Wildman–Crippen LogP) is 3.00. The Morgan fingerprint density at radius 3 is 2.36 bits per heavy atom. The van der Waals surface area contributed by atoms with Crippen LogP contribution in [-0.4, -0.2) is 9.78 Å². The second-order valence-corrected chi connectivity index (χ2v) is 4.32. The number of aromatic nitrogens is 2. The van der Waals surface area contributed by atoms with E-state index in [0.717, 1.165) is 5.69 Å². The minimum absolute atomic E-state index is 1.08. The third-order valence-electron chi connectivity index (χ3n) is 2.31. The molecule has 0 bridgehead atoms. The van der Waals surface area contributed by atoms with Gasteiger partial charge in [0, 0.05) is 18.3 Å². The van der Waals surface area contributed by atoms with Crippen molar-refractivity contribution < 1.29 is 0 Å². The van der Waals surface area contributed by atoms with Gasteiger partial charge in [-0.15, -0.1) is 0 Å². The third kappa shape index (κ3) is 1.56. The van der Waals surface area contributed by atoms with Gasteiger partial charge in [0.25, 0.3) is 0 Å². The second kappa shape index (κ2) is 3.73. The first-order valence-corrected chi connectivity index (χ1v) is 5.52. The molecule has 0 spiro atoms. The summed E-state index contributed by atoms with van der Waals surface area (Å²) in [7, 11) is 1.98.